The van der Waals surface area contributed by atoms with Crippen LogP contribution in [0.5, 0.6) is 0 Å². The highest BCUT2D eigenvalue weighted by Crippen LogP contribution is 2.28. The summed E-state index contributed by atoms with van der Waals surface area (Å²) in [4.78, 5) is 12.4. The number of rotatable bonds is 10. The molecule has 3 nitrogen and oxygen atoms in total. The lowest BCUT2D eigenvalue weighted by molar-refractivity contribution is -0.116. The van der Waals surface area contributed by atoms with Crippen molar-refractivity contribution in [3.05, 3.63) is 11.6 Å². The molecule has 0 fully saturated rings. The van der Waals surface area contributed by atoms with Gasteiger partial charge in [-0.15, -0.1) is 0 Å². The van der Waals surface area contributed by atoms with Crippen LogP contribution >= 0.6 is 0 Å². The fraction of sp³-hybridized carbons (Fsp3) is 0.842. The van der Waals surface area contributed by atoms with Gasteiger partial charge < -0.3 is 10.5 Å². The van der Waals surface area contributed by atoms with Crippen molar-refractivity contribution in [2.24, 2.45) is 11.7 Å². The summed E-state index contributed by atoms with van der Waals surface area (Å²) < 4.78 is 6.19. The molecule has 0 amide bonds. The maximum Gasteiger partial charge on any atom is 0.158 e. The summed E-state index contributed by atoms with van der Waals surface area (Å²) in [7, 11) is 0. The third kappa shape index (κ3) is 5.85. The van der Waals surface area contributed by atoms with Gasteiger partial charge >= 0.3 is 0 Å². The number of carbonyl (C=O) groups excluding carboxylic acids is 1. The standard InChI is InChI=1S/C19H35NO2/c1-5-8-9-10-11-18(21)15-12-17(20)14(4)19(13-15)22-16(6-2)7-3/h13-14,16-17,19H,5-12,20H2,1-4H3/t14-,17+,19-/m1/s1. The summed E-state index contributed by atoms with van der Waals surface area (Å²) in [5.74, 6) is 0.550. The molecule has 0 radical (unpaired) electrons. The Bertz CT molecular complexity index is 360. The van der Waals surface area contributed by atoms with E-state index in [2.05, 4.69) is 33.8 Å². The van der Waals surface area contributed by atoms with Crippen LogP contribution in [-0.2, 0) is 9.53 Å². The quantitative estimate of drug-likeness (QED) is 0.609. The van der Waals surface area contributed by atoms with Crippen molar-refractivity contribution < 1.29 is 9.53 Å². The van der Waals surface area contributed by atoms with E-state index < -0.39 is 0 Å². The number of hydrogen-bond donors (Lipinski definition) is 1. The van der Waals surface area contributed by atoms with Gasteiger partial charge in [-0.3, -0.25) is 4.79 Å². The van der Waals surface area contributed by atoms with Gasteiger partial charge in [0.1, 0.15) is 0 Å². The molecule has 1 rings (SSSR count). The lowest BCUT2D eigenvalue weighted by Gasteiger charge is -2.34. The van der Waals surface area contributed by atoms with Crippen molar-refractivity contribution in [3.8, 4) is 0 Å². The molecule has 0 aromatic rings. The highest BCUT2D eigenvalue weighted by atomic mass is 16.5. The van der Waals surface area contributed by atoms with E-state index in [0.717, 1.165) is 31.3 Å². The molecule has 1 aliphatic rings. The Hall–Kier alpha value is -0.670. The maximum atomic E-state index is 12.4. The van der Waals surface area contributed by atoms with Crippen molar-refractivity contribution in [1.29, 1.82) is 0 Å². The molecule has 0 unspecified atom stereocenters. The van der Waals surface area contributed by atoms with Crippen molar-refractivity contribution in [2.75, 3.05) is 0 Å². The number of Topliss-reactive ketones (excluding diaryl/α,β-unsaturated/α-hetero) is 1. The van der Waals surface area contributed by atoms with Crippen LogP contribution < -0.4 is 5.73 Å². The Balaban J connectivity index is 2.66. The number of ether oxygens (including phenoxy) is 1. The second kappa shape index (κ2) is 10.2. The third-order valence-electron chi connectivity index (χ3n) is 4.89. The van der Waals surface area contributed by atoms with Gasteiger partial charge in [0.25, 0.3) is 0 Å². The van der Waals surface area contributed by atoms with E-state index in [1.54, 1.807) is 0 Å². The number of carbonyl (C=O) groups is 1. The van der Waals surface area contributed by atoms with E-state index in [1.165, 1.54) is 12.8 Å². The highest BCUT2D eigenvalue weighted by Gasteiger charge is 2.31. The van der Waals surface area contributed by atoms with Crippen LogP contribution in [0.3, 0.4) is 0 Å². The number of ketones is 1. The molecule has 1 aliphatic carbocycles. The predicted molar refractivity (Wildman–Crippen MR) is 92.8 cm³/mol. The van der Waals surface area contributed by atoms with Crippen molar-refractivity contribution in [2.45, 2.75) is 97.3 Å². The van der Waals surface area contributed by atoms with E-state index in [-0.39, 0.29) is 30.0 Å². The molecule has 128 valence electrons. The molecule has 2 N–H and O–H groups in total. The molecule has 0 saturated heterocycles. The Kier molecular flexibility index (Phi) is 8.96. The summed E-state index contributed by atoms with van der Waals surface area (Å²) in [6, 6.07) is 0.0268. The van der Waals surface area contributed by atoms with Crippen LogP contribution in [0.2, 0.25) is 0 Å². The average molecular weight is 309 g/mol. The number of nitrogens with two attached hydrogens (primary N) is 1. The molecule has 0 aromatic heterocycles. The van der Waals surface area contributed by atoms with E-state index in [4.69, 9.17) is 10.5 Å². The van der Waals surface area contributed by atoms with Crippen LogP contribution in [0.1, 0.15) is 79.1 Å². The molecule has 22 heavy (non-hydrogen) atoms. The van der Waals surface area contributed by atoms with Crippen LogP contribution in [0.4, 0.5) is 0 Å². The van der Waals surface area contributed by atoms with Gasteiger partial charge in [0.05, 0.1) is 12.2 Å². The van der Waals surface area contributed by atoms with Crippen LogP contribution in [0.15, 0.2) is 11.6 Å². The molecule has 0 saturated carbocycles. The normalized spacial score (nSPS) is 25.4. The maximum absolute atomic E-state index is 12.4. The van der Waals surface area contributed by atoms with E-state index >= 15 is 0 Å². The Morgan fingerprint density at radius 2 is 1.95 bits per heavy atom. The van der Waals surface area contributed by atoms with Gasteiger partial charge in [0.2, 0.25) is 0 Å². The lowest BCUT2D eigenvalue weighted by Crippen LogP contribution is -2.42. The summed E-state index contributed by atoms with van der Waals surface area (Å²) >= 11 is 0. The molecular formula is C19H35NO2. The van der Waals surface area contributed by atoms with Crippen molar-refractivity contribution in [1.82, 2.24) is 0 Å². The van der Waals surface area contributed by atoms with Gasteiger partial charge in [0, 0.05) is 18.4 Å². The minimum absolute atomic E-state index is 0.0109. The topological polar surface area (TPSA) is 52.3 Å². The first-order valence-electron chi connectivity index (χ1n) is 9.18. The van der Waals surface area contributed by atoms with E-state index in [0.29, 0.717) is 12.8 Å². The van der Waals surface area contributed by atoms with Gasteiger partial charge in [-0.2, -0.15) is 0 Å². The zero-order valence-electron chi connectivity index (χ0n) is 14.9. The minimum atomic E-state index is -0.0109. The number of unbranched alkanes of at least 4 members (excludes halogenated alkanes) is 3. The van der Waals surface area contributed by atoms with Gasteiger partial charge in [-0.1, -0.05) is 47.0 Å². The summed E-state index contributed by atoms with van der Waals surface area (Å²) in [5.41, 5.74) is 7.16. The smallest absolute Gasteiger partial charge is 0.158 e. The molecule has 0 aromatic carbocycles. The molecule has 0 bridgehead atoms. The zero-order chi connectivity index (χ0) is 16.5. The van der Waals surface area contributed by atoms with Crippen LogP contribution in [-0.4, -0.2) is 24.0 Å². The molecule has 0 aliphatic heterocycles. The van der Waals surface area contributed by atoms with E-state index in [1.807, 2.05) is 0 Å². The Morgan fingerprint density at radius 1 is 1.27 bits per heavy atom. The third-order valence-corrected chi connectivity index (χ3v) is 4.89. The van der Waals surface area contributed by atoms with Gasteiger partial charge in [0.15, 0.2) is 5.78 Å². The highest BCUT2D eigenvalue weighted by molar-refractivity contribution is 5.95. The van der Waals surface area contributed by atoms with Gasteiger partial charge in [-0.05, 0) is 37.3 Å². The number of hydrogen-bond acceptors (Lipinski definition) is 3. The first-order valence-corrected chi connectivity index (χ1v) is 9.18. The first kappa shape index (κ1) is 19.4. The monoisotopic (exact) mass is 309 g/mol. The molecule has 3 atom stereocenters. The Morgan fingerprint density at radius 3 is 2.55 bits per heavy atom. The molecule has 0 heterocycles. The zero-order valence-corrected chi connectivity index (χ0v) is 14.9. The van der Waals surface area contributed by atoms with Gasteiger partial charge in [-0.25, -0.2) is 0 Å². The molecule has 3 heteroatoms. The second-order valence-electron chi connectivity index (χ2n) is 6.69. The Labute approximate surface area is 136 Å². The second-order valence-corrected chi connectivity index (χ2v) is 6.69. The van der Waals surface area contributed by atoms with Crippen molar-refractivity contribution in [3.63, 3.8) is 0 Å². The molecule has 0 spiro atoms. The fourth-order valence-electron chi connectivity index (χ4n) is 3.05. The minimum Gasteiger partial charge on any atom is -0.371 e. The van der Waals surface area contributed by atoms with Crippen LogP contribution in [0.25, 0.3) is 0 Å². The predicted octanol–water partition coefficient (Wildman–Crippen LogP) is 4.39. The van der Waals surface area contributed by atoms with Crippen molar-refractivity contribution >= 4 is 5.78 Å². The summed E-state index contributed by atoms with van der Waals surface area (Å²) in [6.07, 6.45) is 10.2. The largest absolute Gasteiger partial charge is 0.371 e. The van der Waals surface area contributed by atoms with Crippen LogP contribution in [0, 0.1) is 5.92 Å². The summed E-state index contributed by atoms with van der Waals surface area (Å²) in [5, 5.41) is 0. The average Bonchev–Trinajstić information content (AvgIpc) is 2.52. The molecular weight excluding hydrogens is 274 g/mol. The first-order chi connectivity index (χ1) is 10.5. The SMILES string of the molecule is CCCCCCC(=O)C1=C[C@@H](OC(CC)CC)[C@H](C)[C@@H](N)C1. The lowest BCUT2D eigenvalue weighted by atomic mass is 9.82. The van der Waals surface area contributed by atoms with E-state index in [9.17, 15) is 4.79 Å². The fourth-order valence-corrected chi connectivity index (χ4v) is 3.05. The summed E-state index contributed by atoms with van der Waals surface area (Å²) in [6.45, 7) is 8.61.